The highest BCUT2D eigenvalue weighted by atomic mass is 35.5. The summed E-state index contributed by atoms with van der Waals surface area (Å²) in [4.78, 5) is 10.8. The van der Waals surface area contributed by atoms with Crippen LogP contribution in [-0.4, -0.2) is 30.8 Å². The van der Waals surface area contributed by atoms with Crippen molar-refractivity contribution in [3.63, 3.8) is 0 Å². The van der Waals surface area contributed by atoms with Gasteiger partial charge in [0.05, 0.1) is 16.7 Å². The lowest BCUT2D eigenvalue weighted by molar-refractivity contribution is -0.137. The fourth-order valence-corrected chi connectivity index (χ4v) is 4.96. The zero-order chi connectivity index (χ0) is 30.0. The number of halogens is 1. The van der Waals surface area contributed by atoms with Gasteiger partial charge >= 0.3 is 5.97 Å². The molecule has 43 heavy (non-hydrogen) atoms. The number of nitrogens with one attached hydrogen (secondary N) is 1. The van der Waals surface area contributed by atoms with Gasteiger partial charge in [-0.25, -0.2) is 0 Å². The second kappa shape index (κ2) is 14.5. The van der Waals surface area contributed by atoms with E-state index < -0.39 is 5.97 Å². The molecule has 1 aliphatic heterocycles. The van der Waals surface area contributed by atoms with Crippen LogP contribution in [0.25, 0.3) is 11.1 Å². The fraction of sp³-hybridized carbons (Fsp3) is 0.235. The number of fused-ring (bicyclic) bond motifs is 1. The SMILES string of the molecule is N#Cc1cccc(COc2cc(OCc3cccc(-c4ccc5c(c4)OCCO5)c3Cl)ccc2CNCCCC(=O)O)c1. The Bertz CT molecular complexity index is 1630. The number of carboxylic acid groups (broad SMARTS) is 1. The topological polar surface area (TPSA) is 110 Å². The van der Waals surface area contributed by atoms with Crippen molar-refractivity contribution in [2.45, 2.75) is 32.6 Å². The second-order valence-electron chi connectivity index (χ2n) is 9.97. The monoisotopic (exact) mass is 598 g/mol. The Morgan fingerprint density at radius 2 is 1.77 bits per heavy atom. The van der Waals surface area contributed by atoms with E-state index in [0.717, 1.165) is 33.6 Å². The van der Waals surface area contributed by atoms with Crippen molar-refractivity contribution < 1.29 is 28.8 Å². The summed E-state index contributed by atoms with van der Waals surface area (Å²) in [5, 5.41) is 22.0. The summed E-state index contributed by atoms with van der Waals surface area (Å²) in [5.41, 5.74) is 4.95. The van der Waals surface area contributed by atoms with Crippen LogP contribution >= 0.6 is 11.6 Å². The van der Waals surface area contributed by atoms with Crippen LogP contribution in [0.5, 0.6) is 23.0 Å². The number of nitriles is 1. The average Bonchev–Trinajstić information content (AvgIpc) is 3.03. The lowest BCUT2D eigenvalue weighted by atomic mass is 10.0. The number of hydrogen-bond acceptors (Lipinski definition) is 7. The first kappa shape index (κ1) is 29.8. The summed E-state index contributed by atoms with van der Waals surface area (Å²) < 4.78 is 23.7. The van der Waals surface area contributed by atoms with Gasteiger partial charge < -0.3 is 29.4 Å². The van der Waals surface area contributed by atoms with Crippen molar-refractivity contribution in [2.24, 2.45) is 0 Å². The van der Waals surface area contributed by atoms with Gasteiger partial charge in [0, 0.05) is 35.7 Å². The number of ether oxygens (including phenoxy) is 4. The number of nitrogens with zero attached hydrogens (tertiary/aromatic N) is 1. The van der Waals surface area contributed by atoms with E-state index in [-0.39, 0.29) is 19.6 Å². The Morgan fingerprint density at radius 3 is 2.60 bits per heavy atom. The van der Waals surface area contributed by atoms with Gasteiger partial charge in [-0.2, -0.15) is 5.26 Å². The maximum absolute atomic E-state index is 10.8. The predicted molar refractivity (Wildman–Crippen MR) is 163 cm³/mol. The molecule has 0 atom stereocenters. The molecule has 0 unspecified atom stereocenters. The summed E-state index contributed by atoms with van der Waals surface area (Å²) in [6, 6.07) is 26.7. The predicted octanol–water partition coefficient (Wildman–Crippen LogP) is 6.76. The zero-order valence-electron chi connectivity index (χ0n) is 23.5. The normalized spacial score (nSPS) is 11.9. The van der Waals surface area contributed by atoms with E-state index in [4.69, 9.17) is 35.7 Å². The van der Waals surface area contributed by atoms with Gasteiger partial charge in [-0.15, -0.1) is 0 Å². The van der Waals surface area contributed by atoms with E-state index in [9.17, 15) is 10.1 Å². The molecule has 0 amide bonds. The van der Waals surface area contributed by atoms with Crippen molar-refractivity contribution in [1.82, 2.24) is 5.32 Å². The Morgan fingerprint density at radius 1 is 0.930 bits per heavy atom. The van der Waals surface area contributed by atoms with Gasteiger partial charge in [0.25, 0.3) is 0 Å². The third-order valence-electron chi connectivity index (χ3n) is 6.87. The van der Waals surface area contributed by atoms with Crippen LogP contribution in [-0.2, 0) is 24.6 Å². The number of benzene rings is 4. The molecule has 0 radical (unpaired) electrons. The molecule has 220 valence electrons. The Hall–Kier alpha value is -4.71. The van der Waals surface area contributed by atoms with Gasteiger partial charge in [0.15, 0.2) is 11.5 Å². The Labute approximate surface area is 255 Å². The second-order valence-corrected chi connectivity index (χ2v) is 10.3. The first-order chi connectivity index (χ1) is 21.0. The molecule has 9 heteroatoms. The lowest BCUT2D eigenvalue weighted by Crippen LogP contribution is -2.16. The van der Waals surface area contributed by atoms with E-state index in [2.05, 4.69) is 11.4 Å². The minimum absolute atomic E-state index is 0.108. The van der Waals surface area contributed by atoms with Crippen molar-refractivity contribution in [3.05, 3.63) is 106 Å². The Kier molecular flexibility index (Phi) is 10.0. The lowest BCUT2D eigenvalue weighted by Gasteiger charge is -2.19. The van der Waals surface area contributed by atoms with Crippen LogP contribution in [0.15, 0.2) is 78.9 Å². The molecule has 0 aliphatic carbocycles. The van der Waals surface area contributed by atoms with Gasteiger partial charge in [-0.3, -0.25) is 4.79 Å². The van der Waals surface area contributed by atoms with Crippen molar-refractivity contribution in [2.75, 3.05) is 19.8 Å². The molecule has 0 bridgehead atoms. The van der Waals surface area contributed by atoms with E-state index >= 15 is 0 Å². The van der Waals surface area contributed by atoms with Crippen LogP contribution < -0.4 is 24.3 Å². The highest BCUT2D eigenvalue weighted by Gasteiger charge is 2.16. The third kappa shape index (κ3) is 7.98. The molecule has 1 aliphatic rings. The number of hydrogen-bond donors (Lipinski definition) is 2. The van der Waals surface area contributed by atoms with Crippen molar-refractivity contribution in [3.8, 4) is 40.2 Å². The summed E-state index contributed by atoms with van der Waals surface area (Å²) in [6.07, 6.45) is 0.635. The Balaban J connectivity index is 1.30. The van der Waals surface area contributed by atoms with Crippen LogP contribution in [0.4, 0.5) is 0 Å². The highest BCUT2D eigenvalue weighted by molar-refractivity contribution is 6.34. The minimum Gasteiger partial charge on any atom is -0.489 e. The molecule has 4 aromatic carbocycles. The molecule has 0 saturated carbocycles. The van der Waals surface area contributed by atoms with Gasteiger partial charge in [0.1, 0.15) is 37.9 Å². The molecule has 4 aromatic rings. The fourth-order valence-electron chi connectivity index (χ4n) is 4.67. The molecule has 0 saturated heterocycles. The summed E-state index contributed by atoms with van der Waals surface area (Å²) in [5.74, 6) is 1.84. The average molecular weight is 599 g/mol. The summed E-state index contributed by atoms with van der Waals surface area (Å²) >= 11 is 6.85. The molecule has 0 spiro atoms. The molecule has 8 nitrogen and oxygen atoms in total. The molecule has 1 heterocycles. The van der Waals surface area contributed by atoms with Crippen molar-refractivity contribution in [1.29, 1.82) is 5.26 Å². The van der Waals surface area contributed by atoms with Gasteiger partial charge in [-0.1, -0.05) is 54.1 Å². The number of aliphatic carboxylic acids is 1. The van der Waals surface area contributed by atoms with Crippen LogP contribution in [0.3, 0.4) is 0 Å². The number of carboxylic acids is 1. The standard InChI is InChI=1S/C34H31ClN2O6/c35-34-27(6-2-7-29(34)25-10-12-30-32(17-25)41-15-14-40-30)22-42-28-11-9-26(20-37-13-3-8-33(38)39)31(18-28)43-21-24-5-1-4-23(16-24)19-36/h1-2,4-7,9-12,16-18,37H,3,8,13-15,20-22H2,(H,38,39). The van der Waals surface area contributed by atoms with Crippen LogP contribution in [0, 0.1) is 11.3 Å². The molecule has 0 aromatic heterocycles. The van der Waals surface area contributed by atoms with E-state index in [1.54, 1.807) is 12.1 Å². The molecule has 2 N–H and O–H groups in total. The van der Waals surface area contributed by atoms with Gasteiger partial charge in [0.2, 0.25) is 0 Å². The number of carbonyl (C=O) groups is 1. The smallest absolute Gasteiger partial charge is 0.303 e. The minimum atomic E-state index is -0.816. The molecular formula is C34H31ClN2O6. The van der Waals surface area contributed by atoms with Crippen LogP contribution in [0.2, 0.25) is 5.02 Å². The quantitative estimate of drug-likeness (QED) is 0.162. The molecular weight excluding hydrogens is 568 g/mol. The maximum Gasteiger partial charge on any atom is 0.303 e. The first-order valence-corrected chi connectivity index (χ1v) is 14.4. The molecule has 5 rings (SSSR count). The summed E-state index contributed by atoms with van der Waals surface area (Å²) in [7, 11) is 0. The zero-order valence-corrected chi connectivity index (χ0v) is 24.2. The third-order valence-corrected chi connectivity index (χ3v) is 7.32. The van der Waals surface area contributed by atoms with E-state index in [1.807, 2.05) is 66.7 Å². The van der Waals surface area contributed by atoms with E-state index in [0.29, 0.717) is 60.6 Å². The molecule has 0 fully saturated rings. The largest absolute Gasteiger partial charge is 0.489 e. The van der Waals surface area contributed by atoms with Crippen LogP contribution in [0.1, 0.15) is 35.1 Å². The van der Waals surface area contributed by atoms with Crippen molar-refractivity contribution >= 4 is 17.6 Å². The highest BCUT2D eigenvalue weighted by Crippen LogP contribution is 2.38. The maximum atomic E-state index is 10.8. The number of rotatable bonds is 13. The van der Waals surface area contributed by atoms with E-state index in [1.165, 1.54) is 0 Å². The first-order valence-electron chi connectivity index (χ1n) is 14.0. The summed E-state index contributed by atoms with van der Waals surface area (Å²) in [6.45, 7) is 2.62. The van der Waals surface area contributed by atoms with Gasteiger partial charge in [-0.05, 0) is 54.4 Å².